The molecule has 4 rings (SSSR count). The Balaban J connectivity index is 1.61. The van der Waals surface area contributed by atoms with Crippen LogP contribution in [0.2, 0.25) is 0 Å². The molecule has 0 spiro atoms. The van der Waals surface area contributed by atoms with Gasteiger partial charge in [-0.25, -0.2) is 4.68 Å². The number of hydrogen-bond donors (Lipinski definition) is 2. The number of carbonyl (C=O) groups is 2. The van der Waals surface area contributed by atoms with Crippen molar-refractivity contribution >= 4 is 35.1 Å². The van der Waals surface area contributed by atoms with Gasteiger partial charge in [0, 0.05) is 22.2 Å². The Kier molecular flexibility index (Phi) is 5.26. The van der Waals surface area contributed by atoms with Crippen LogP contribution < -0.4 is 15.4 Å². The lowest BCUT2D eigenvalue weighted by atomic mass is 10.1. The van der Waals surface area contributed by atoms with Crippen molar-refractivity contribution in [3.8, 4) is 17.0 Å². The van der Waals surface area contributed by atoms with Crippen LogP contribution in [0.25, 0.3) is 11.3 Å². The second-order valence-electron chi connectivity index (χ2n) is 6.58. The van der Waals surface area contributed by atoms with Gasteiger partial charge in [-0.1, -0.05) is 6.07 Å². The summed E-state index contributed by atoms with van der Waals surface area (Å²) >= 11 is 1.60. The van der Waals surface area contributed by atoms with Crippen molar-refractivity contribution < 1.29 is 14.3 Å². The number of amides is 2. The summed E-state index contributed by atoms with van der Waals surface area (Å²) in [6.45, 7) is 0. The van der Waals surface area contributed by atoms with Crippen LogP contribution >= 0.6 is 11.8 Å². The quantitative estimate of drug-likeness (QED) is 0.627. The van der Waals surface area contributed by atoms with Crippen LogP contribution in [0.3, 0.4) is 0 Å². The van der Waals surface area contributed by atoms with Crippen molar-refractivity contribution in [2.75, 3.05) is 24.0 Å². The van der Waals surface area contributed by atoms with Gasteiger partial charge in [-0.3, -0.25) is 9.59 Å². The number of methoxy groups -OCH3 is 1. The molecule has 2 amide bonds. The fraction of sp³-hybridized carbons (Fsp3) is 0.190. The number of carbonyl (C=O) groups excluding carboxylic acids is 2. The van der Waals surface area contributed by atoms with Gasteiger partial charge in [0.2, 0.25) is 11.8 Å². The molecule has 1 aliphatic heterocycles. The Morgan fingerprint density at radius 2 is 2.03 bits per heavy atom. The van der Waals surface area contributed by atoms with E-state index in [1.807, 2.05) is 54.8 Å². The van der Waals surface area contributed by atoms with E-state index >= 15 is 0 Å². The van der Waals surface area contributed by atoms with Crippen molar-refractivity contribution in [1.29, 1.82) is 0 Å². The Hall–Kier alpha value is -3.26. The van der Waals surface area contributed by atoms with E-state index in [0.717, 1.165) is 16.2 Å². The third-order valence-corrected chi connectivity index (χ3v) is 5.43. The zero-order chi connectivity index (χ0) is 20.4. The molecule has 29 heavy (non-hydrogen) atoms. The maximum Gasteiger partial charge on any atom is 0.249 e. The molecular weight excluding hydrogens is 388 g/mol. The summed E-state index contributed by atoms with van der Waals surface area (Å²) in [6.07, 6.45) is 2.01. The number of ether oxygens (including phenoxy) is 1. The van der Waals surface area contributed by atoms with Crippen LogP contribution in [0.15, 0.2) is 59.5 Å². The topological polar surface area (TPSA) is 85.2 Å². The molecule has 2 heterocycles. The van der Waals surface area contributed by atoms with Crippen LogP contribution in [0.4, 0.5) is 11.5 Å². The first-order valence-corrected chi connectivity index (χ1v) is 10.3. The average Bonchev–Trinajstić information content (AvgIpc) is 3.17. The second-order valence-corrected chi connectivity index (χ2v) is 7.46. The first-order valence-electron chi connectivity index (χ1n) is 9.06. The molecule has 8 heteroatoms. The number of aromatic nitrogens is 2. The van der Waals surface area contributed by atoms with Crippen molar-refractivity contribution in [1.82, 2.24) is 9.78 Å². The van der Waals surface area contributed by atoms with Crippen LogP contribution in [0, 0.1) is 0 Å². The molecule has 2 N–H and O–H groups in total. The predicted molar refractivity (Wildman–Crippen MR) is 113 cm³/mol. The van der Waals surface area contributed by atoms with Gasteiger partial charge in [0.1, 0.15) is 17.6 Å². The van der Waals surface area contributed by atoms with Crippen LogP contribution in [-0.4, -0.2) is 35.0 Å². The number of rotatable bonds is 5. The van der Waals surface area contributed by atoms with E-state index in [0.29, 0.717) is 17.2 Å². The van der Waals surface area contributed by atoms with Crippen LogP contribution in [-0.2, 0) is 9.59 Å². The SMILES string of the molecule is COc1ccc(-c2cc3n(n2)C(C(=O)Nc2cccc(SC)c2)CC(=O)N3)cc1. The fourth-order valence-corrected chi connectivity index (χ4v) is 3.67. The molecule has 7 nitrogen and oxygen atoms in total. The molecule has 1 unspecified atom stereocenters. The van der Waals surface area contributed by atoms with E-state index in [9.17, 15) is 9.59 Å². The van der Waals surface area contributed by atoms with Crippen LogP contribution in [0.1, 0.15) is 12.5 Å². The van der Waals surface area contributed by atoms with Crippen molar-refractivity contribution in [2.24, 2.45) is 0 Å². The molecule has 0 aliphatic carbocycles. The molecule has 3 aromatic rings. The van der Waals surface area contributed by atoms with Crippen molar-refractivity contribution in [3.05, 3.63) is 54.6 Å². The number of anilines is 2. The zero-order valence-electron chi connectivity index (χ0n) is 16.0. The minimum atomic E-state index is -0.719. The summed E-state index contributed by atoms with van der Waals surface area (Å²) in [5.41, 5.74) is 2.23. The van der Waals surface area contributed by atoms with Gasteiger partial charge in [-0.15, -0.1) is 11.8 Å². The van der Waals surface area contributed by atoms with Crippen molar-refractivity contribution in [2.45, 2.75) is 17.4 Å². The molecule has 148 valence electrons. The number of nitrogens with one attached hydrogen (secondary N) is 2. The first-order chi connectivity index (χ1) is 14.1. The summed E-state index contributed by atoms with van der Waals surface area (Å²) in [7, 11) is 1.61. The van der Waals surface area contributed by atoms with E-state index in [4.69, 9.17) is 4.74 Å². The number of benzene rings is 2. The van der Waals surface area contributed by atoms with Gasteiger partial charge in [0.25, 0.3) is 0 Å². The maximum atomic E-state index is 12.9. The Morgan fingerprint density at radius 1 is 1.24 bits per heavy atom. The van der Waals surface area contributed by atoms with Gasteiger partial charge in [0.15, 0.2) is 0 Å². The molecule has 0 saturated carbocycles. The molecule has 0 radical (unpaired) electrons. The largest absolute Gasteiger partial charge is 0.497 e. The number of nitrogens with zero attached hydrogens (tertiary/aromatic N) is 2. The van der Waals surface area contributed by atoms with Gasteiger partial charge < -0.3 is 15.4 Å². The Labute approximate surface area is 172 Å². The van der Waals surface area contributed by atoms with E-state index in [1.54, 1.807) is 29.6 Å². The summed E-state index contributed by atoms with van der Waals surface area (Å²) < 4.78 is 6.76. The maximum absolute atomic E-state index is 12.9. The minimum absolute atomic E-state index is 0.0325. The highest BCUT2D eigenvalue weighted by atomic mass is 32.2. The average molecular weight is 408 g/mol. The Morgan fingerprint density at radius 3 is 2.76 bits per heavy atom. The molecule has 1 atom stereocenters. The van der Waals surface area contributed by atoms with Crippen molar-refractivity contribution in [3.63, 3.8) is 0 Å². The smallest absolute Gasteiger partial charge is 0.249 e. The van der Waals surface area contributed by atoms with E-state index in [1.165, 1.54) is 0 Å². The molecule has 0 saturated heterocycles. The van der Waals surface area contributed by atoms with Gasteiger partial charge in [-0.2, -0.15) is 5.10 Å². The minimum Gasteiger partial charge on any atom is -0.497 e. The fourth-order valence-electron chi connectivity index (χ4n) is 3.21. The lowest BCUT2D eigenvalue weighted by Gasteiger charge is -2.23. The summed E-state index contributed by atoms with van der Waals surface area (Å²) in [6, 6.07) is 16.1. The standard InChI is InChI=1S/C21H20N4O3S/c1-28-15-8-6-13(7-9-15)17-11-19-23-20(26)12-18(25(19)24-17)21(27)22-14-4-3-5-16(10-14)29-2/h3-11,18H,12H2,1-2H3,(H,22,27)(H,23,26). The second kappa shape index (κ2) is 8.00. The highest BCUT2D eigenvalue weighted by Gasteiger charge is 2.32. The van der Waals surface area contributed by atoms with E-state index in [-0.39, 0.29) is 18.2 Å². The molecule has 0 bridgehead atoms. The lowest BCUT2D eigenvalue weighted by molar-refractivity contribution is -0.125. The Bertz CT molecular complexity index is 1060. The number of thioether (sulfide) groups is 1. The third kappa shape index (κ3) is 3.97. The molecular formula is C21H20N4O3S. The van der Waals surface area contributed by atoms with Gasteiger partial charge in [-0.05, 0) is 48.7 Å². The summed E-state index contributed by atoms with van der Waals surface area (Å²) in [4.78, 5) is 26.1. The molecule has 2 aromatic carbocycles. The van der Waals surface area contributed by atoms with E-state index < -0.39 is 6.04 Å². The molecule has 0 fully saturated rings. The molecule has 1 aliphatic rings. The number of hydrogen-bond acceptors (Lipinski definition) is 5. The first kappa shape index (κ1) is 19.1. The van der Waals surface area contributed by atoms with E-state index in [2.05, 4.69) is 15.7 Å². The monoisotopic (exact) mass is 408 g/mol. The van der Waals surface area contributed by atoms with Crippen LogP contribution in [0.5, 0.6) is 5.75 Å². The predicted octanol–water partition coefficient (Wildman–Crippen LogP) is 3.80. The number of fused-ring (bicyclic) bond motifs is 1. The summed E-state index contributed by atoms with van der Waals surface area (Å²) in [5.74, 6) is 0.765. The third-order valence-electron chi connectivity index (χ3n) is 4.70. The zero-order valence-corrected chi connectivity index (χ0v) is 16.8. The highest BCUT2D eigenvalue weighted by Crippen LogP contribution is 2.31. The van der Waals surface area contributed by atoms with Gasteiger partial charge in [0.05, 0.1) is 19.2 Å². The van der Waals surface area contributed by atoms with Gasteiger partial charge >= 0.3 is 0 Å². The summed E-state index contributed by atoms with van der Waals surface area (Å²) in [5, 5.41) is 10.3. The lowest BCUT2D eigenvalue weighted by Crippen LogP contribution is -2.35. The highest BCUT2D eigenvalue weighted by molar-refractivity contribution is 7.98. The molecule has 1 aromatic heterocycles. The normalized spacial score (nSPS) is 15.4.